The average molecular weight is 559 g/mol. The van der Waals surface area contributed by atoms with Crippen LogP contribution in [0.15, 0.2) is 60.8 Å². The molecule has 3 aromatic carbocycles. The number of urea groups is 1. The van der Waals surface area contributed by atoms with Gasteiger partial charge in [-0.3, -0.25) is 9.88 Å². The zero-order valence-corrected chi connectivity index (χ0v) is 20.9. The summed E-state index contributed by atoms with van der Waals surface area (Å²) in [5.74, 6) is -2.05. The minimum atomic E-state index is -4.93. The number of piperazine rings is 1. The van der Waals surface area contributed by atoms with Crippen LogP contribution in [0.4, 0.5) is 38.1 Å². The van der Waals surface area contributed by atoms with Gasteiger partial charge in [0.05, 0.1) is 28.5 Å². The van der Waals surface area contributed by atoms with Crippen molar-refractivity contribution in [2.45, 2.75) is 12.7 Å². The second kappa shape index (κ2) is 11.4. The fourth-order valence-corrected chi connectivity index (χ4v) is 4.17. The fraction of sp³-hybridized carbons (Fsp3) is 0.222. The van der Waals surface area contributed by atoms with Gasteiger partial charge < -0.3 is 20.7 Å². The largest absolute Gasteiger partial charge is 0.454 e. The molecule has 0 radical (unpaired) electrons. The van der Waals surface area contributed by atoms with Gasteiger partial charge in [-0.1, -0.05) is 0 Å². The van der Waals surface area contributed by atoms with Crippen molar-refractivity contribution in [1.29, 1.82) is 0 Å². The molecule has 8 nitrogen and oxygen atoms in total. The number of halogens is 5. The van der Waals surface area contributed by atoms with E-state index in [1.165, 1.54) is 12.1 Å². The van der Waals surface area contributed by atoms with E-state index in [4.69, 9.17) is 4.74 Å². The Morgan fingerprint density at radius 3 is 2.38 bits per heavy atom. The van der Waals surface area contributed by atoms with E-state index < -0.39 is 29.4 Å². The predicted molar refractivity (Wildman–Crippen MR) is 138 cm³/mol. The molecule has 1 aromatic heterocycles. The SMILES string of the molecule is O=C(Nc1ccc(Oc2ccc3ncc(CN4CCNCC4)nc3c2)c(F)c1)Nc1ccc(F)c(C(F)(F)F)c1. The van der Waals surface area contributed by atoms with Gasteiger partial charge in [-0.15, -0.1) is 0 Å². The van der Waals surface area contributed by atoms with E-state index in [0.29, 0.717) is 35.5 Å². The van der Waals surface area contributed by atoms with Gasteiger partial charge >= 0.3 is 12.2 Å². The van der Waals surface area contributed by atoms with E-state index >= 15 is 0 Å². The average Bonchev–Trinajstić information content (AvgIpc) is 2.91. The summed E-state index contributed by atoms with van der Waals surface area (Å²) in [4.78, 5) is 23.6. The summed E-state index contributed by atoms with van der Waals surface area (Å²) < 4.78 is 72.6. The Hall–Kier alpha value is -4.36. The van der Waals surface area contributed by atoms with E-state index in [9.17, 15) is 26.7 Å². The molecule has 1 fully saturated rings. The number of carbonyl (C=O) groups is 1. The molecule has 4 aromatic rings. The molecule has 40 heavy (non-hydrogen) atoms. The van der Waals surface area contributed by atoms with E-state index in [1.54, 1.807) is 24.4 Å². The fourth-order valence-electron chi connectivity index (χ4n) is 4.17. The molecule has 0 spiro atoms. The number of ether oxygens (including phenoxy) is 1. The highest BCUT2D eigenvalue weighted by Crippen LogP contribution is 2.33. The number of carbonyl (C=O) groups excluding carboxylic acids is 1. The Morgan fingerprint density at radius 2 is 1.65 bits per heavy atom. The minimum Gasteiger partial charge on any atom is -0.454 e. The number of hydrogen-bond acceptors (Lipinski definition) is 6. The maximum Gasteiger partial charge on any atom is 0.419 e. The summed E-state index contributed by atoms with van der Waals surface area (Å²) in [7, 11) is 0. The molecule has 0 atom stereocenters. The molecule has 0 aliphatic carbocycles. The van der Waals surface area contributed by atoms with Crippen LogP contribution in [0.1, 0.15) is 11.3 Å². The third-order valence-electron chi connectivity index (χ3n) is 6.11. The first-order chi connectivity index (χ1) is 19.1. The Balaban J connectivity index is 1.24. The topological polar surface area (TPSA) is 91.4 Å². The number of nitrogens with zero attached hydrogens (tertiary/aromatic N) is 3. The van der Waals surface area contributed by atoms with Crippen LogP contribution in [-0.2, 0) is 12.7 Å². The molecule has 1 saturated heterocycles. The normalized spacial score (nSPS) is 14.2. The standard InChI is InChI=1S/C27H23F5N6O2/c28-21-4-1-16(11-20(21)27(30,31)32)36-26(39)37-17-2-6-25(22(29)12-17)40-19-3-5-23-24(13-19)35-18(14-34-23)15-38-9-7-33-8-10-38/h1-6,11-14,33H,7-10,15H2,(H2,36,37,39). The van der Waals surface area contributed by atoms with Crippen LogP contribution < -0.4 is 20.7 Å². The second-order valence-electron chi connectivity index (χ2n) is 9.06. The van der Waals surface area contributed by atoms with Gasteiger partial charge in [0, 0.05) is 56.2 Å². The number of benzene rings is 3. The van der Waals surface area contributed by atoms with Crippen molar-refractivity contribution in [2.75, 3.05) is 36.8 Å². The van der Waals surface area contributed by atoms with Crippen molar-refractivity contribution in [3.63, 3.8) is 0 Å². The number of aromatic nitrogens is 2. The number of alkyl halides is 3. The van der Waals surface area contributed by atoms with Crippen LogP contribution >= 0.6 is 0 Å². The van der Waals surface area contributed by atoms with Crippen molar-refractivity contribution in [1.82, 2.24) is 20.2 Å². The third-order valence-corrected chi connectivity index (χ3v) is 6.11. The molecule has 0 saturated carbocycles. The van der Waals surface area contributed by atoms with E-state index in [-0.39, 0.29) is 17.1 Å². The summed E-state index contributed by atoms with van der Waals surface area (Å²) in [6.07, 6.45) is -3.19. The lowest BCUT2D eigenvalue weighted by Gasteiger charge is -2.26. The highest BCUT2D eigenvalue weighted by atomic mass is 19.4. The molecular formula is C27H23F5N6O2. The number of amides is 2. The molecule has 13 heteroatoms. The summed E-state index contributed by atoms with van der Waals surface area (Å²) in [5, 5.41) is 7.78. The Kier molecular flexibility index (Phi) is 7.76. The van der Waals surface area contributed by atoms with Crippen molar-refractivity contribution in [2.24, 2.45) is 0 Å². The predicted octanol–water partition coefficient (Wildman–Crippen LogP) is 5.77. The van der Waals surface area contributed by atoms with Crippen LogP contribution in [-0.4, -0.2) is 47.1 Å². The Bertz CT molecular complexity index is 1540. The molecule has 0 bridgehead atoms. The zero-order valence-electron chi connectivity index (χ0n) is 20.9. The van der Waals surface area contributed by atoms with E-state index in [2.05, 4.69) is 30.8 Å². The van der Waals surface area contributed by atoms with Gasteiger partial charge in [-0.2, -0.15) is 13.2 Å². The maximum atomic E-state index is 14.8. The molecule has 5 rings (SSSR count). The first-order valence-electron chi connectivity index (χ1n) is 12.2. The monoisotopic (exact) mass is 558 g/mol. The molecule has 3 N–H and O–H groups in total. The molecule has 2 heterocycles. The van der Waals surface area contributed by atoms with E-state index in [0.717, 1.165) is 44.0 Å². The summed E-state index contributed by atoms with van der Waals surface area (Å²) in [5.41, 5.74) is 0.264. The van der Waals surface area contributed by atoms with Gasteiger partial charge in [-0.25, -0.2) is 18.6 Å². The molecule has 2 amide bonds. The van der Waals surface area contributed by atoms with E-state index in [1.807, 2.05) is 0 Å². The minimum absolute atomic E-state index is 0.0161. The van der Waals surface area contributed by atoms with Gasteiger partial charge in [0.15, 0.2) is 11.6 Å². The van der Waals surface area contributed by atoms with Crippen LogP contribution in [0.5, 0.6) is 11.5 Å². The lowest BCUT2D eigenvalue weighted by atomic mass is 10.2. The molecule has 0 unspecified atom stereocenters. The Labute approximate surface area is 225 Å². The summed E-state index contributed by atoms with van der Waals surface area (Å²) in [6, 6.07) is 9.73. The van der Waals surface area contributed by atoms with Crippen LogP contribution in [0.3, 0.4) is 0 Å². The van der Waals surface area contributed by atoms with Crippen molar-refractivity contribution < 1.29 is 31.5 Å². The second-order valence-corrected chi connectivity index (χ2v) is 9.06. The number of hydrogen-bond donors (Lipinski definition) is 3. The Morgan fingerprint density at radius 1 is 0.925 bits per heavy atom. The highest BCUT2D eigenvalue weighted by Gasteiger charge is 2.34. The van der Waals surface area contributed by atoms with Crippen LogP contribution in [0.25, 0.3) is 11.0 Å². The maximum absolute atomic E-state index is 14.8. The molecular weight excluding hydrogens is 535 g/mol. The quantitative estimate of drug-likeness (QED) is 0.261. The van der Waals surface area contributed by atoms with Crippen LogP contribution in [0, 0.1) is 11.6 Å². The first-order valence-corrected chi connectivity index (χ1v) is 12.2. The van der Waals surface area contributed by atoms with Crippen LogP contribution in [0.2, 0.25) is 0 Å². The number of anilines is 2. The van der Waals surface area contributed by atoms with Gasteiger partial charge in [0.1, 0.15) is 11.6 Å². The lowest BCUT2D eigenvalue weighted by Crippen LogP contribution is -2.43. The smallest absolute Gasteiger partial charge is 0.419 e. The van der Waals surface area contributed by atoms with Crippen molar-refractivity contribution in [3.05, 3.63) is 83.7 Å². The third kappa shape index (κ3) is 6.61. The molecule has 1 aliphatic heterocycles. The zero-order chi connectivity index (χ0) is 28.3. The van der Waals surface area contributed by atoms with Gasteiger partial charge in [0.25, 0.3) is 0 Å². The van der Waals surface area contributed by atoms with Crippen molar-refractivity contribution >= 4 is 28.4 Å². The summed E-state index contributed by atoms with van der Waals surface area (Å²) >= 11 is 0. The lowest BCUT2D eigenvalue weighted by molar-refractivity contribution is -0.139. The van der Waals surface area contributed by atoms with Gasteiger partial charge in [0.2, 0.25) is 0 Å². The molecule has 1 aliphatic rings. The number of fused-ring (bicyclic) bond motifs is 1. The highest BCUT2D eigenvalue weighted by molar-refractivity contribution is 5.99. The van der Waals surface area contributed by atoms with Crippen molar-refractivity contribution in [3.8, 4) is 11.5 Å². The molecule has 208 valence electrons. The van der Waals surface area contributed by atoms with Gasteiger partial charge in [-0.05, 0) is 42.5 Å². The number of nitrogens with one attached hydrogen (secondary N) is 3. The summed E-state index contributed by atoms with van der Waals surface area (Å²) in [6.45, 7) is 4.33. The number of rotatable bonds is 6. The first kappa shape index (κ1) is 27.2.